The summed E-state index contributed by atoms with van der Waals surface area (Å²) in [5, 5.41) is 8.71. The Morgan fingerprint density at radius 2 is 2.36 bits per heavy atom. The third-order valence-corrected chi connectivity index (χ3v) is 1.98. The van der Waals surface area contributed by atoms with Crippen LogP contribution >= 0.6 is 0 Å². The number of methoxy groups -OCH3 is 1. The van der Waals surface area contributed by atoms with E-state index in [1.807, 2.05) is 0 Å². The summed E-state index contributed by atoms with van der Waals surface area (Å²) in [5.74, 6) is -0.554. The predicted octanol–water partition coefficient (Wildman–Crippen LogP) is 0.393. The largest absolute Gasteiger partial charge is 0.481 e. The van der Waals surface area contributed by atoms with E-state index in [-0.39, 0.29) is 11.8 Å². The van der Waals surface area contributed by atoms with Gasteiger partial charge in [-0.2, -0.15) is 0 Å². The smallest absolute Gasteiger partial charge is 0.354 e. The van der Waals surface area contributed by atoms with Crippen LogP contribution in [0.3, 0.4) is 0 Å². The molecule has 0 fully saturated rings. The van der Waals surface area contributed by atoms with Crippen LogP contribution < -0.4 is 0 Å². The highest BCUT2D eigenvalue weighted by molar-refractivity contribution is 6.41. The van der Waals surface area contributed by atoms with Gasteiger partial charge >= 0.3 is 5.97 Å². The zero-order valence-corrected chi connectivity index (χ0v) is 7.47. The highest BCUT2D eigenvalue weighted by Crippen LogP contribution is 2.21. The van der Waals surface area contributed by atoms with Crippen LogP contribution in [-0.4, -0.2) is 36.2 Å². The molecule has 0 aromatic carbocycles. The van der Waals surface area contributed by atoms with Gasteiger partial charge in [-0.3, -0.25) is 4.99 Å². The van der Waals surface area contributed by atoms with E-state index in [0.717, 1.165) is 5.57 Å². The van der Waals surface area contributed by atoms with Gasteiger partial charge in [0.05, 0.1) is 7.11 Å². The van der Waals surface area contributed by atoms with Crippen LogP contribution in [-0.2, 0) is 9.53 Å². The minimum absolute atomic E-state index is 0.0602. The first-order chi connectivity index (χ1) is 6.70. The summed E-state index contributed by atoms with van der Waals surface area (Å²) in [6.07, 6.45) is 4.78. The van der Waals surface area contributed by atoms with Crippen molar-refractivity contribution in [2.24, 2.45) is 9.98 Å². The molecule has 0 radical (unpaired) electrons. The monoisotopic (exact) mass is 192 g/mol. The van der Waals surface area contributed by atoms with Gasteiger partial charge < -0.3 is 9.84 Å². The molecule has 5 heteroatoms. The molecule has 0 spiro atoms. The van der Waals surface area contributed by atoms with Gasteiger partial charge in [-0.05, 0) is 11.6 Å². The third kappa shape index (κ3) is 1.32. The number of carbonyl (C=O) groups is 1. The summed E-state index contributed by atoms with van der Waals surface area (Å²) < 4.78 is 4.92. The average Bonchev–Trinajstić information content (AvgIpc) is 2.59. The first-order valence-corrected chi connectivity index (χ1v) is 4.03. The molecule has 0 bridgehead atoms. The lowest BCUT2D eigenvalue weighted by molar-refractivity contribution is -0.129. The fourth-order valence-electron chi connectivity index (χ4n) is 1.30. The summed E-state index contributed by atoms with van der Waals surface area (Å²) in [6, 6.07) is -0.264. The second-order valence-corrected chi connectivity index (χ2v) is 2.87. The van der Waals surface area contributed by atoms with Gasteiger partial charge in [0.1, 0.15) is 11.8 Å². The molecule has 0 aliphatic carbocycles. The van der Waals surface area contributed by atoms with Crippen LogP contribution in [0.1, 0.15) is 0 Å². The Balaban J connectivity index is 2.31. The van der Waals surface area contributed by atoms with E-state index in [4.69, 9.17) is 9.84 Å². The SMILES string of the molecule is COC1=CC2=CC(C(=O)O)=N[C@@H]2C=N1. The molecule has 1 atom stereocenters. The van der Waals surface area contributed by atoms with Gasteiger partial charge in [-0.25, -0.2) is 9.79 Å². The predicted molar refractivity (Wildman–Crippen MR) is 50.5 cm³/mol. The maximum Gasteiger partial charge on any atom is 0.354 e. The number of nitrogens with zero attached hydrogens (tertiary/aromatic N) is 2. The van der Waals surface area contributed by atoms with Crippen LogP contribution in [0.4, 0.5) is 0 Å². The van der Waals surface area contributed by atoms with Gasteiger partial charge in [0.25, 0.3) is 0 Å². The van der Waals surface area contributed by atoms with E-state index in [0.29, 0.717) is 5.88 Å². The maximum absolute atomic E-state index is 10.6. The molecule has 14 heavy (non-hydrogen) atoms. The van der Waals surface area contributed by atoms with Gasteiger partial charge in [-0.15, -0.1) is 0 Å². The number of ether oxygens (including phenoxy) is 1. The van der Waals surface area contributed by atoms with Crippen molar-refractivity contribution in [3.63, 3.8) is 0 Å². The molecule has 2 heterocycles. The fourth-order valence-corrected chi connectivity index (χ4v) is 1.30. The number of aliphatic imine (C=N–C) groups is 2. The molecule has 0 saturated heterocycles. The van der Waals surface area contributed by atoms with Crippen molar-refractivity contribution < 1.29 is 14.6 Å². The lowest BCUT2D eigenvalue weighted by Gasteiger charge is -2.10. The molecule has 0 unspecified atom stereocenters. The fraction of sp³-hybridized carbons (Fsp3) is 0.222. The first kappa shape index (κ1) is 8.68. The van der Waals surface area contributed by atoms with Crippen LogP contribution in [0, 0.1) is 0 Å². The van der Waals surface area contributed by atoms with Gasteiger partial charge in [0.2, 0.25) is 5.88 Å². The van der Waals surface area contributed by atoms with Gasteiger partial charge in [0.15, 0.2) is 0 Å². The summed E-state index contributed by atoms with van der Waals surface area (Å²) in [6.45, 7) is 0. The van der Waals surface area contributed by atoms with Crippen molar-refractivity contribution in [2.45, 2.75) is 6.04 Å². The molecule has 0 saturated carbocycles. The molecule has 2 aliphatic heterocycles. The van der Waals surface area contributed by atoms with Crippen molar-refractivity contribution in [1.82, 2.24) is 0 Å². The summed E-state index contributed by atoms with van der Waals surface area (Å²) in [7, 11) is 1.51. The molecule has 5 nitrogen and oxygen atoms in total. The summed E-state index contributed by atoms with van der Waals surface area (Å²) in [4.78, 5) is 18.5. The Bertz CT molecular complexity index is 404. The van der Waals surface area contributed by atoms with Gasteiger partial charge in [0, 0.05) is 12.3 Å². The zero-order valence-electron chi connectivity index (χ0n) is 7.47. The summed E-state index contributed by atoms with van der Waals surface area (Å²) in [5.41, 5.74) is 0.860. The van der Waals surface area contributed by atoms with Crippen LogP contribution in [0.5, 0.6) is 0 Å². The number of carboxylic acids is 1. The van der Waals surface area contributed by atoms with Crippen molar-refractivity contribution in [3.8, 4) is 0 Å². The average molecular weight is 192 g/mol. The number of fused-ring (bicyclic) bond motifs is 1. The van der Waals surface area contributed by atoms with E-state index >= 15 is 0 Å². The Kier molecular flexibility index (Phi) is 1.92. The first-order valence-electron chi connectivity index (χ1n) is 4.03. The van der Waals surface area contributed by atoms with E-state index in [1.54, 1.807) is 12.3 Å². The van der Waals surface area contributed by atoms with Crippen molar-refractivity contribution in [2.75, 3.05) is 7.11 Å². The molecule has 1 N–H and O–H groups in total. The standard InChI is InChI=1S/C9H8N2O3/c1-14-8-3-5-2-6(9(12)13)11-7(5)4-10-8/h2-4,7H,1H3,(H,12,13)/t7-/m1/s1. The lowest BCUT2D eigenvalue weighted by atomic mass is 10.1. The number of rotatable bonds is 2. The highest BCUT2D eigenvalue weighted by Gasteiger charge is 2.24. The van der Waals surface area contributed by atoms with Crippen LogP contribution in [0.25, 0.3) is 0 Å². The Hall–Kier alpha value is -1.91. The van der Waals surface area contributed by atoms with E-state index in [1.165, 1.54) is 13.2 Å². The Morgan fingerprint density at radius 3 is 3.00 bits per heavy atom. The number of carboxylic acid groups (broad SMARTS) is 1. The second kappa shape index (κ2) is 3.10. The van der Waals surface area contributed by atoms with Crippen LogP contribution in [0.2, 0.25) is 0 Å². The molecule has 72 valence electrons. The number of aliphatic carboxylic acids is 1. The van der Waals surface area contributed by atoms with Crippen LogP contribution in [0.15, 0.2) is 33.6 Å². The zero-order chi connectivity index (χ0) is 10.1. The Labute approximate surface area is 80.1 Å². The summed E-state index contributed by atoms with van der Waals surface area (Å²) >= 11 is 0. The molecule has 0 aromatic heterocycles. The van der Waals surface area contributed by atoms with Gasteiger partial charge in [-0.1, -0.05) is 0 Å². The topological polar surface area (TPSA) is 71.2 Å². The quantitative estimate of drug-likeness (QED) is 0.688. The second-order valence-electron chi connectivity index (χ2n) is 2.87. The molecule has 0 aromatic rings. The van der Waals surface area contributed by atoms with E-state index in [9.17, 15) is 4.79 Å². The molecule has 2 aliphatic rings. The lowest BCUT2D eigenvalue weighted by Crippen LogP contribution is -2.11. The van der Waals surface area contributed by atoms with E-state index < -0.39 is 5.97 Å². The normalized spacial score (nSPS) is 23.5. The minimum atomic E-state index is -1.02. The maximum atomic E-state index is 10.6. The third-order valence-electron chi connectivity index (χ3n) is 1.98. The van der Waals surface area contributed by atoms with Crippen molar-refractivity contribution in [3.05, 3.63) is 23.6 Å². The minimum Gasteiger partial charge on any atom is -0.481 e. The molecule has 2 rings (SSSR count). The number of hydrogen-bond acceptors (Lipinski definition) is 4. The number of hydrogen-bond donors (Lipinski definition) is 1. The van der Waals surface area contributed by atoms with Crippen molar-refractivity contribution >= 4 is 17.9 Å². The van der Waals surface area contributed by atoms with Crippen molar-refractivity contribution in [1.29, 1.82) is 0 Å². The molecular weight excluding hydrogens is 184 g/mol. The van der Waals surface area contributed by atoms with E-state index in [2.05, 4.69) is 9.98 Å². The molecular formula is C9H8N2O3. The highest BCUT2D eigenvalue weighted by atomic mass is 16.5. The Morgan fingerprint density at radius 1 is 1.57 bits per heavy atom. The molecule has 0 amide bonds.